The number of esters is 1. The number of methoxy groups -OCH3 is 5. The van der Waals surface area contributed by atoms with Crippen molar-refractivity contribution in [3.8, 4) is 62.6 Å². The number of rotatable bonds is 7. The van der Waals surface area contributed by atoms with Gasteiger partial charge in [0.15, 0.2) is 23.0 Å². The summed E-state index contributed by atoms with van der Waals surface area (Å²) in [6.07, 6.45) is 0.408. The minimum atomic E-state index is -0.586. The van der Waals surface area contributed by atoms with Crippen LogP contribution in [-0.2, 0) is 17.8 Å². The Bertz CT molecular complexity index is 1980. The third-order valence-corrected chi connectivity index (χ3v) is 7.68. The van der Waals surface area contributed by atoms with E-state index in [0.29, 0.717) is 74.5 Å². The molecule has 1 N–H and O–H groups in total. The highest BCUT2D eigenvalue weighted by atomic mass is 16.6. The maximum absolute atomic E-state index is 13.8. The lowest BCUT2D eigenvalue weighted by atomic mass is 9.91. The fraction of sp³-hybridized carbons (Fsp3) is 0.250. The van der Waals surface area contributed by atoms with Gasteiger partial charge in [-0.2, -0.15) is 0 Å². The number of hydrogen-bond acceptors (Lipinski definition) is 10. The molecule has 3 aromatic carbocycles. The smallest absolute Gasteiger partial charge is 0.361 e. The first kappa shape index (κ1) is 27.8. The second-order valence-corrected chi connectivity index (χ2v) is 9.92. The molecule has 0 fully saturated rings. The molecule has 0 atom stereocenters. The molecule has 0 amide bonds. The summed E-state index contributed by atoms with van der Waals surface area (Å²) in [4.78, 5) is 25.6. The summed E-state index contributed by atoms with van der Waals surface area (Å²) in [5.74, 6) is 1.44. The molecule has 6 rings (SSSR count). The Morgan fingerprint density at radius 2 is 1.56 bits per heavy atom. The van der Waals surface area contributed by atoms with Crippen molar-refractivity contribution < 1.29 is 42.7 Å². The zero-order valence-electron chi connectivity index (χ0n) is 24.4. The van der Waals surface area contributed by atoms with Crippen LogP contribution in [0, 0.1) is 0 Å². The monoisotopic (exact) mass is 587 g/mol. The maximum atomic E-state index is 13.8. The lowest BCUT2D eigenvalue weighted by molar-refractivity contribution is -0.132. The third-order valence-electron chi connectivity index (χ3n) is 7.68. The quantitative estimate of drug-likeness (QED) is 0.152. The number of fused-ring (bicyclic) bond motifs is 7. The van der Waals surface area contributed by atoms with Gasteiger partial charge in [-0.1, -0.05) is 0 Å². The molecule has 222 valence electrons. The van der Waals surface area contributed by atoms with Crippen LogP contribution in [0.2, 0.25) is 0 Å². The second kappa shape index (κ2) is 10.5. The first-order valence-electron chi connectivity index (χ1n) is 13.3. The Morgan fingerprint density at radius 1 is 0.860 bits per heavy atom. The predicted octanol–water partition coefficient (Wildman–Crippen LogP) is 5.31. The Kier molecular flexibility index (Phi) is 6.80. The van der Waals surface area contributed by atoms with Crippen LogP contribution < -0.4 is 34.0 Å². The highest BCUT2D eigenvalue weighted by Gasteiger charge is 2.33. The van der Waals surface area contributed by atoms with Crippen LogP contribution in [0.1, 0.15) is 12.5 Å². The minimum Gasteiger partial charge on any atom is -0.504 e. The van der Waals surface area contributed by atoms with Gasteiger partial charge in [0, 0.05) is 53.1 Å². The van der Waals surface area contributed by atoms with Crippen LogP contribution in [-0.4, -0.2) is 51.2 Å². The van der Waals surface area contributed by atoms with Crippen molar-refractivity contribution in [2.45, 2.75) is 19.9 Å². The molecule has 0 unspecified atom stereocenters. The van der Waals surface area contributed by atoms with Crippen LogP contribution in [0.5, 0.6) is 40.2 Å². The Morgan fingerprint density at radius 3 is 2.16 bits per heavy atom. The van der Waals surface area contributed by atoms with Gasteiger partial charge in [0.05, 0.1) is 41.2 Å². The molecular weight excluding hydrogens is 558 g/mol. The van der Waals surface area contributed by atoms with Crippen LogP contribution in [0.25, 0.3) is 44.3 Å². The first-order valence-corrected chi connectivity index (χ1v) is 13.3. The fourth-order valence-electron chi connectivity index (χ4n) is 5.89. The van der Waals surface area contributed by atoms with E-state index in [1.807, 2.05) is 16.7 Å². The molecule has 0 aliphatic carbocycles. The predicted molar refractivity (Wildman–Crippen MR) is 158 cm³/mol. The van der Waals surface area contributed by atoms with Crippen LogP contribution in [0.15, 0.2) is 45.6 Å². The van der Waals surface area contributed by atoms with E-state index in [1.54, 1.807) is 32.4 Å². The summed E-state index contributed by atoms with van der Waals surface area (Å²) in [6.45, 7) is 1.64. The standard InChI is InChI=1S/C32H29NO10/c1-15(34)42-24-14-22-21(13-23(24)39-4)27-26(16-9-17(37-2)11-18(10-16)38-3)28-20-12-25(40-5)31(41-6)30(35)19(20)7-8-33(28)29(27)32(36)43-22/h9-14,35H,7-8H2,1-6H3. The van der Waals surface area contributed by atoms with Crippen LogP contribution >= 0.6 is 0 Å². The van der Waals surface area contributed by atoms with Crippen LogP contribution in [0.3, 0.4) is 0 Å². The van der Waals surface area contributed by atoms with Crippen molar-refractivity contribution in [1.82, 2.24) is 4.57 Å². The average molecular weight is 588 g/mol. The van der Waals surface area contributed by atoms with Gasteiger partial charge in [-0.15, -0.1) is 0 Å². The van der Waals surface area contributed by atoms with E-state index >= 15 is 0 Å². The maximum Gasteiger partial charge on any atom is 0.361 e. The molecule has 5 aromatic rings. The topological polar surface area (TPSA) is 128 Å². The lowest BCUT2D eigenvalue weighted by Crippen LogP contribution is -2.15. The number of hydrogen-bond donors (Lipinski definition) is 1. The van der Waals surface area contributed by atoms with E-state index in [2.05, 4.69) is 0 Å². The molecule has 0 saturated heterocycles. The molecule has 0 spiro atoms. The molecule has 3 heterocycles. The Labute approximate surface area is 245 Å². The summed E-state index contributed by atoms with van der Waals surface area (Å²) in [7, 11) is 7.53. The van der Waals surface area contributed by atoms with Gasteiger partial charge in [0.2, 0.25) is 5.75 Å². The number of aromatic hydroxyl groups is 1. The third kappa shape index (κ3) is 4.27. The van der Waals surface area contributed by atoms with Gasteiger partial charge in [0.1, 0.15) is 22.6 Å². The van der Waals surface area contributed by atoms with Crippen molar-refractivity contribution in [2.75, 3.05) is 35.5 Å². The number of ether oxygens (including phenoxy) is 6. The number of aryl methyl sites for hydroxylation is 1. The molecule has 1 aliphatic heterocycles. The van der Waals surface area contributed by atoms with E-state index in [1.165, 1.54) is 34.3 Å². The SMILES string of the molecule is COc1cc(OC)cc(-c2c3n(c4c(=O)oc5cc(OC(C)=O)c(OC)cc5c24)CCc2c-3cc(OC)c(OC)c2O)c1. The van der Waals surface area contributed by atoms with Gasteiger partial charge in [-0.25, -0.2) is 4.79 Å². The normalized spacial score (nSPS) is 12.0. The zero-order chi connectivity index (χ0) is 30.6. The number of aromatic nitrogens is 1. The average Bonchev–Trinajstić information content (AvgIpc) is 3.36. The number of carbonyl (C=O) groups is 1. The molecule has 0 radical (unpaired) electrons. The number of phenolic OH excluding ortho intramolecular Hbond substituents is 1. The van der Waals surface area contributed by atoms with Crippen molar-refractivity contribution in [2.24, 2.45) is 0 Å². The number of carbonyl (C=O) groups excluding carboxylic acids is 1. The van der Waals surface area contributed by atoms with Gasteiger partial charge in [-0.05, 0) is 36.2 Å². The van der Waals surface area contributed by atoms with E-state index in [4.69, 9.17) is 32.8 Å². The minimum absolute atomic E-state index is 0.0351. The largest absolute Gasteiger partial charge is 0.504 e. The van der Waals surface area contributed by atoms with Gasteiger partial charge >= 0.3 is 11.6 Å². The van der Waals surface area contributed by atoms with E-state index < -0.39 is 11.6 Å². The van der Waals surface area contributed by atoms with E-state index in [-0.39, 0.29) is 28.6 Å². The van der Waals surface area contributed by atoms with Gasteiger partial charge in [-0.3, -0.25) is 4.79 Å². The highest BCUT2D eigenvalue weighted by Crippen LogP contribution is 2.52. The van der Waals surface area contributed by atoms with Gasteiger partial charge in [0.25, 0.3) is 0 Å². The molecule has 0 saturated carbocycles. The molecule has 0 bridgehead atoms. The summed E-state index contributed by atoms with van der Waals surface area (Å²) in [5, 5.41) is 12.4. The molecular formula is C32H29NO10. The number of benzene rings is 3. The van der Waals surface area contributed by atoms with E-state index in [0.717, 1.165) is 0 Å². The first-order chi connectivity index (χ1) is 20.7. The lowest BCUT2D eigenvalue weighted by Gasteiger charge is -2.24. The molecule has 43 heavy (non-hydrogen) atoms. The fourth-order valence-corrected chi connectivity index (χ4v) is 5.89. The highest BCUT2D eigenvalue weighted by molar-refractivity contribution is 6.17. The summed E-state index contributed by atoms with van der Waals surface area (Å²) in [6, 6.07) is 10.4. The molecule has 11 heteroatoms. The Balaban J connectivity index is 1.84. The molecule has 11 nitrogen and oxygen atoms in total. The summed E-state index contributed by atoms with van der Waals surface area (Å²) >= 11 is 0. The van der Waals surface area contributed by atoms with Gasteiger partial charge < -0.3 is 42.5 Å². The van der Waals surface area contributed by atoms with Crippen molar-refractivity contribution >= 4 is 27.8 Å². The number of nitrogens with zero attached hydrogens (tertiary/aromatic N) is 1. The summed E-state index contributed by atoms with van der Waals surface area (Å²) < 4.78 is 40.9. The molecule has 1 aliphatic rings. The Hall–Kier alpha value is -5.32. The molecule has 2 aromatic heterocycles. The van der Waals surface area contributed by atoms with Crippen molar-refractivity contribution in [3.05, 3.63) is 52.4 Å². The van der Waals surface area contributed by atoms with Crippen LogP contribution in [0.4, 0.5) is 0 Å². The van der Waals surface area contributed by atoms with Crippen molar-refractivity contribution in [3.63, 3.8) is 0 Å². The zero-order valence-corrected chi connectivity index (χ0v) is 24.4. The van der Waals surface area contributed by atoms with Crippen molar-refractivity contribution in [1.29, 1.82) is 0 Å². The number of phenols is 1. The van der Waals surface area contributed by atoms with E-state index in [9.17, 15) is 14.7 Å². The second-order valence-electron chi connectivity index (χ2n) is 9.92. The summed E-state index contributed by atoms with van der Waals surface area (Å²) in [5.41, 5.74) is 3.25.